The topological polar surface area (TPSA) is 60.7 Å². The molecule has 23 heavy (non-hydrogen) atoms. The molecule has 4 saturated carbocycles. The van der Waals surface area contributed by atoms with Crippen LogP contribution in [0.15, 0.2) is 0 Å². The molecule has 3 unspecified atom stereocenters. The molecule has 3 nitrogen and oxygen atoms in total. The quantitative estimate of drug-likeness (QED) is 0.642. The fourth-order valence-electron chi connectivity index (χ4n) is 7.54. The Morgan fingerprint density at radius 1 is 0.826 bits per heavy atom. The van der Waals surface area contributed by atoms with E-state index in [0.717, 1.165) is 44.9 Å². The van der Waals surface area contributed by atoms with Crippen molar-refractivity contribution < 1.29 is 15.3 Å². The van der Waals surface area contributed by atoms with Crippen molar-refractivity contribution in [3.63, 3.8) is 0 Å². The summed E-state index contributed by atoms with van der Waals surface area (Å²) in [6.07, 6.45) is 6.44. The zero-order valence-electron chi connectivity index (χ0n) is 14.9. The van der Waals surface area contributed by atoms with E-state index in [2.05, 4.69) is 20.8 Å². The zero-order valence-corrected chi connectivity index (χ0v) is 14.9. The van der Waals surface area contributed by atoms with Gasteiger partial charge in [-0.05, 0) is 85.4 Å². The van der Waals surface area contributed by atoms with Crippen LogP contribution in [-0.4, -0.2) is 33.6 Å². The Morgan fingerprint density at radius 2 is 1.52 bits per heavy atom. The predicted octanol–water partition coefficient (Wildman–Crippen LogP) is 2.97. The summed E-state index contributed by atoms with van der Waals surface area (Å²) in [5.74, 6) is 2.21. The van der Waals surface area contributed by atoms with Crippen LogP contribution in [0.5, 0.6) is 0 Å². The summed E-state index contributed by atoms with van der Waals surface area (Å²) in [7, 11) is 0. The van der Waals surface area contributed by atoms with E-state index in [4.69, 9.17) is 0 Å². The molecule has 0 spiro atoms. The molecule has 10 atom stereocenters. The Hall–Kier alpha value is -0.120. The third-order valence-corrected chi connectivity index (χ3v) is 8.93. The maximum atomic E-state index is 11.0. The number of hydrogen-bond donors (Lipinski definition) is 3. The summed E-state index contributed by atoms with van der Waals surface area (Å²) >= 11 is 0. The van der Waals surface area contributed by atoms with E-state index < -0.39 is 0 Å². The van der Waals surface area contributed by atoms with Gasteiger partial charge >= 0.3 is 0 Å². The molecule has 4 aliphatic carbocycles. The minimum atomic E-state index is -0.245. The van der Waals surface area contributed by atoms with Gasteiger partial charge in [-0.2, -0.15) is 0 Å². The van der Waals surface area contributed by atoms with Crippen LogP contribution in [0.2, 0.25) is 0 Å². The first-order valence-electron chi connectivity index (χ1n) is 9.81. The highest BCUT2D eigenvalue weighted by molar-refractivity contribution is 5.12. The van der Waals surface area contributed by atoms with Gasteiger partial charge in [-0.3, -0.25) is 0 Å². The Balaban J connectivity index is 1.68. The van der Waals surface area contributed by atoms with Crippen LogP contribution < -0.4 is 0 Å². The maximum absolute atomic E-state index is 11.0. The number of fused-ring (bicyclic) bond motifs is 5. The van der Waals surface area contributed by atoms with E-state index in [1.807, 2.05) is 0 Å². The van der Waals surface area contributed by atoms with Gasteiger partial charge in [0.25, 0.3) is 0 Å². The van der Waals surface area contributed by atoms with E-state index >= 15 is 0 Å². The van der Waals surface area contributed by atoms with E-state index in [1.165, 1.54) is 0 Å². The first kappa shape index (κ1) is 16.4. The summed E-state index contributed by atoms with van der Waals surface area (Å²) < 4.78 is 0. The average molecular weight is 322 g/mol. The summed E-state index contributed by atoms with van der Waals surface area (Å²) in [5.41, 5.74) is 0.278. The second kappa shape index (κ2) is 5.19. The molecule has 132 valence electrons. The molecular weight excluding hydrogens is 288 g/mol. The van der Waals surface area contributed by atoms with Gasteiger partial charge in [0.05, 0.1) is 18.3 Å². The lowest BCUT2D eigenvalue weighted by molar-refractivity contribution is -0.177. The van der Waals surface area contributed by atoms with Gasteiger partial charge in [-0.25, -0.2) is 0 Å². The lowest BCUT2D eigenvalue weighted by Gasteiger charge is -2.61. The van der Waals surface area contributed by atoms with Crippen molar-refractivity contribution in [3.8, 4) is 0 Å². The molecule has 3 N–H and O–H groups in total. The van der Waals surface area contributed by atoms with Gasteiger partial charge in [-0.15, -0.1) is 0 Å². The summed E-state index contributed by atoms with van der Waals surface area (Å²) in [6, 6.07) is 0. The molecule has 0 heterocycles. The van der Waals surface area contributed by atoms with Crippen molar-refractivity contribution in [1.29, 1.82) is 0 Å². The molecule has 0 aromatic rings. The first-order valence-corrected chi connectivity index (χ1v) is 9.81. The van der Waals surface area contributed by atoms with E-state index in [0.29, 0.717) is 29.6 Å². The van der Waals surface area contributed by atoms with Crippen LogP contribution in [0.25, 0.3) is 0 Å². The normalized spacial score (nSPS) is 62.3. The third-order valence-electron chi connectivity index (χ3n) is 8.93. The second-order valence-corrected chi connectivity index (χ2v) is 9.93. The van der Waals surface area contributed by atoms with Gasteiger partial charge in [0.1, 0.15) is 0 Å². The van der Waals surface area contributed by atoms with Gasteiger partial charge in [0.15, 0.2) is 0 Å². The summed E-state index contributed by atoms with van der Waals surface area (Å²) in [5, 5.41) is 31.9. The lowest BCUT2D eigenvalue weighted by Crippen LogP contribution is -2.58. The van der Waals surface area contributed by atoms with Crippen molar-refractivity contribution in [2.75, 3.05) is 0 Å². The van der Waals surface area contributed by atoms with Gasteiger partial charge in [0.2, 0.25) is 0 Å². The molecule has 3 heteroatoms. The van der Waals surface area contributed by atoms with Crippen molar-refractivity contribution >= 4 is 0 Å². The van der Waals surface area contributed by atoms with Gasteiger partial charge in [-0.1, -0.05) is 20.8 Å². The highest BCUT2D eigenvalue weighted by Gasteiger charge is 2.63. The Kier molecular flexibility index (Phi) is 3.69. The molecular formula is C20H34O3. The minimum Gasteiger partial charge on any atom is -0.393 e. The average Bonchev–Trinajstić information content (AvgIpc) is 2.73. The first-order chi connectivity index (χ1) is 10.8. The molecule has 0 saturated heterocycles. The molecule has 4 aliphatic rings. The summed E-state index contributed by atoms with van der Waals surface area (Å²) in [6.45, 7) is 6.89. The summed E-state index contributed by atoms with van der Waals surface area (Å²) in [4.78, 5) is 0. The smallest absolute Gasteiger partial charge is 0.0622 e. The zero-order chi connectivity index (χ0) is 16.6. The van der Waals surface area contributed by atoms with Crippen LogP contribution in [-0.2, 0) is 0 Å². The fraction of sp³-hybridized carbons (Fsp3) is 1.00. The Morgan fingerprint density at radius 3 is 2.26 bits per heavy atom. The highest BCUT2D eigenvalue weighted by Crippen LogP contribution is 2.66. The van der Waals surface area contributed by atoms with Crippen molar-refractivity contribution in [1.82, 2.24) is 0 Å². The van der Waals surface area contributed by atoms with Crippen LogP contribution in [0.4, 0.5) is 0 Å². The van der Waals surface area contributed by atoms with Gasteiger partial charge < -0.3 is 15.3 Å². The van der Waals surface area contributed by atoms with E-state index in [-0.39, 0.29) is 29.1 Å². The third kappa shape index (κ3) is 2.12. The molecule has 4 rings (SSSR count). The van der Waals surface area contributed by atoms with E-state index in [1.54, 1.807) is 0 Å². The molecule has 0 bridgehead atoms. The van der Waals surface area contributed by atoms with Crippen molar-refractivity contribution in [2.45, 2.75) is 84.0 Å². The van der Waals surface area contributed by atoms with Crippen LogP contribution in [0, 0.1) is 40.4 Å². The molecule has 4 fully saturated rings. The fourth-order valence-corrected chi connectivity index (χ4v) is 7.54. The Bertz CT molecular complexity index is 480. The second-order valence-electron chi connectivity index (χ2n) is 9.93. The molecule has 0 radical (unpaired) electrons. The molecule has 0 aromatic carbocycles. The van der Waals surface area contributed by atoms with Crippen molar-refractivity contribution in [2.24, 2.45) is 40.4 Å². The predicted molar refractivity (Wildman–Crippen MR) is 89.7 cm³/mol. The lowest BCUT2D eigenvalue weighted by atomic mass is 9.44. The monoisotopic (exact) mass is 322 g/mol. The largest absolute Gasteiger partial charge is 0.393 e. The highest BCUT2D eigenvalue weighted by atomic mass is 16.3. The van der Waals surface area contributed by atoms with Crippen LogP contribution >= 0.6 is 0 Å². The van der Waals surface area contributed by atoms with Crippen LogP contribution in [0.1, 0.15) is 65.7 Å². The standard InChI is InChI=1S/C20H34O3/c1-11-8-15-17-14(5-7-20(15,3)18(11)23)19(2)6-4-13(21)9-12(19)10-16(17)22/h11-18,21-23H,4-10H2,1-3H3/t11-,12-,13+,14?,15?,16-,17?,18+,19-,20-/m0/s1. The Labute approximate surface area is 140 Å². The minimum absolute atomic E-state index is 0.00105. The van der Waals surface area contributed by atoms with E-state index in [9.17, 15) is 15.3 Å². The number of aliphatic hydroxyl groups is 3. The van der Waals surface area contributed by atoms with Crippen LogP contribution in [0.3, 0.4) is 0 Å². The molecule has 0 aromatic heterocycles. The maximum Gasteiger partial charge on any atom is 0.0622 e. The number of rotatable bonds is 0. The molecule has 0 aliphatic heterocycles. The van der Waals surface area contributed by atoms with Gasteiger partial charge in [0, 0.05) is 0 Å². The number of hydrogen-bond acceptors (Lipinski definition) is 3. The van der Waals surface area contributed by atoms with Crippen molar-refractivity contribution in [3.05, 3.63) is 0 Å². The molecule has 0 amide bonds. The number of aliphatic hydroxyl groups excluding tert-OH is 3. The SMILES string of the molecule is C[C@H]1CC2C3C(CC[C@]2(C)[C@@H]1O)[C@@]1(C)CC[C@@H](O)C[C@H]1C[C@@H]3O.